The molecule has 2 unspecified atom stereocenters. The summed E-state index contributed by atoms with van der Waals surface area (Å²) in [6.45, 7) is 5.20. The molecule has 1 saturated carbocycles. The van der Waals surface area contributed by atoms with Crippen LogP contribution in [0.25, 0.3) is 0 Å². The van der Waals surface area contributed by atoms with E-state index in [1.807, 2.05) is 0 Å². The molecule has 1 fully saturated rings. The molecule has 0 aliphatic heterocycles. The zero-order valence-electron chi connectivity index (χ0n) is 11.7. The van der Waals surface area contributed by atoms with Gasteiger partial charge in [-0.25, -0.2) is 0 Å². The molecule has 0 radical (unpaired) electrons. The fourth-order valence-corrected chi connectivity index (χ4v) is 3.59. The third kappa shape index (κ3) is 2.80. The molecule has 0 spiro atoms. The molecule has 0 amide bonds. The highest BCUT2D eigenvalue weighted by Gasteiger charge is 2.26. The predicted octanol–water partition coefficient (Wildman–Crippen LogP) is 3.29. The van der Waals surface area contributed by atoms with Crippen LogP contribution in [0.5, 0.6) is 0 Å². The van der Waals surface area contributed by atoms with Crippen LogP contribution in [0.1, 0.15) is 44.0 Å². The van der Waals surface area contributed by atoms with Gasteiger partial charge in [0.15, 0.2) is 0 Å². The van der Waals surface area contributed by atoms with Gasteiger partial charge in [0.05, 0.1) is 15.9 Å². The minimum atomic E-state index is 0.672. The topological polar surface area (TPSA) is 29.9 Å². The quantitative estimate of drug-likeness (QED) is 0.924. The molecule has 1 aromatic heterocycles. The fourth-order valence-electron chi connectivity index (χ4n) is 3.14. The third-order valence-electron chi connectivity index (χ3n) is 4.19. The molecule has 2 rings (SSSR count). The number of aryl methyl sites for hydroxylation is 2. The molecule has 18 heavy (non-hydrogen) atoms. The number of hydrogen-bond donors (Lipinski definition) is 1. The molecule has 0 bridgehead atoms. The SMILES string of the molecule is CCn1nc(C)c(Br)c1CC1CCCCC1NC. The number of rotatable bonds is 4. The van der Waals surface area contributed by atoms with Crippen molar-refractivity contribution in [3.05, 3.63) is 15.9 Å². The minimum Gasteiger partial charge on any atom is -0.317 e. The highest BCUT2D eigenvalue weighted by atomic mass is 79.9. The molecule has 3 nitrogen and oxygen atoms in total. The monoisotopic (exact) mass is 313 g/mol. The molecule has 4 heteroatoms. The number of aromatic nitrogens is 2. The van der Waals surface area contributed by atoms with Crippen molar-refractivity contribution in [1.29, 1.82) is 0 Å². The van der Waals surface area contributed by atoms with E-state index in [0.717, 1.165) is 24.6 Å². The second kappa shape index (κ2) is 6.20. The van der Waals surface area contributed by atoms with Gasteiger partial charge in [-0.2, -0.15) is 5.10 Å². The fraction of sp³-hybridized carbons (Fsp3) is 0.786. The first-order chi connectivity index (χ1) is 8.67. The first-order valence-electron chi connectivity index (χ1n) is 7.06. The number of nitrogens with zero attached hydrogens (tertiary/aromatic N) is 2. The Kier molecular flexibility index (Phi) is 4.84. The Morgan fingerprint density at radius 3 is 2.78 bits per heavy atom. The summed E-state index contributed by atoms with van der Waals surface area (Å²) in [7, 11) is 2.10. The summed E-state index contributed by atoms with van der Waals surface area (Å²) < 4.78 is 3.37. The van der Waals surface area contributed by atoms with Crippen LogP contribution in [0.15, 0.2) is 4.47 Å². The highest BCUT2D eigenvalue weighted by Crippen LogP contribution is 2.31. The number of nitrogens with one attached hydrogen (secondary N) is 1. The van der Waals surface area contributed by atoms with Gasteiger partial charge in [0, 0.05) is 12.6 Å². The normalized spacial score (nSPS) is 24.4. The molecule has 0 aromatic carbocycles. The van der Waals surface area contributed by atoms with E-state index in [0.29, 0.717) is 6.04 Å². The van der Waals surface area contributed by atoms with Crippen LogP contribution < -0.4 is 5.32 Å². The maximum atomic E-state index is 4.59. The van der Waals surface area contributed by atoms with Gasteiger partial charge >= 0.3 is 0 Å². The number of halogens is 1. The second-order valence-corrected chi connectivity index (χ2v) is 6.10. The molecular weight excluding hydrogens is 290 g/mol. The summed E-state index contributed by atoms with van der Waals surface area (Å²) >= 11 is 3.71. The van der Waals surface area contributed by atoms with Crippen molar-refractivity contribution < 1.29 is 0 Å². The maximum Gasteiger partial charge on any atom is 0.0738 e. The Morgan fingerprint density at radius 1 is 1.39 bits per heavy atom. The largest absolute Gasteiger partial charge is 0.317 e. The molecule has 1 N–H and O–H groups in total. The van der Waals surface area contributed by atoms with Crippen LogP contribution in [0, 0.1) is 12.8 Å². The Hall–Kier alpha value is -0.350. The van der Waals surface area contributed by atoms with E-state index < -0.39 is 0 Å². The van der Waals surface area contributed by atoms with Gasteiger partial charge < -0.3 is 5.32 Å². The molecule has 0 saturated heterocycles. The first kappa shape index (κ1) is 14.1. The van der Waals surface area contributed by atoms with Crippen molar-refractivity contribution in [2.75, 3.05) is 7.05 Å². The van der Waals surface area contributed by atoms with Crippen molar-refractivity contribution in [3.8, 4) is 0 Å². The van der Waals surface area contributed by atoms with Crippen LogP contribution in [0.4, 0.5) is 0 Å². The zero-order valence-corrected chi connectivity index (χ0v) is 13.3. The molecule has 102 valence electrons. The molecule has 1 heterocycles. The van der Waals surface area contributed by atoms with Crippen molar-refractivity contribution in [3.63, 3.8) is 0 Å². The van der Waals surface area contributed by atoms with Crippen molar-refractivity contribution in [2.24, 2.45) is 5.92 Å². The summed E-state index contributed by atoms with van der Waals surface area (Å²) in [5, 5.41) is 8.09. The van der Waals surface area contributed by atoms with Gasteiger partial charge in [0.25, 0.3) is 0 Å². The minimum absolute atomic E-state index is 0.672. The lowest BCUT2D eigenvalue weighted by molar-refractivity contribution is 0.268. The van der Waals surface area contributed by atoms with Crippen molar-refractivity contribution in [1.82, 2.24) is 15.1 Å². The van der Waals surface area contributed by atoms with Gasteiger partial charge in [0.2, 0.25) is 0 Å². The van der Waals surface area contributed by atoms with Gasteiger partial charge in [0.1, 0.15) is 0 Å². The second-order valence-electron chi connectivity index (χ2n) is 5.31. The summed E-state index contributed by atoms with van der Waals surface area (Å²) in [6, 6.07) is 0.672. The molecule has 2 atom stereocenters. The van der Waals surface area contributed by atoms with E-state index in [-0.39, 0.29) is 0 Å². The van der Waals surface area contributed by atoms with E-state index in [2.05, 4.69) is 51.9 Å². The van der Waals surface area contributed by atoms with E-state index in [1.54, 1.807) is 0 Å². The standard InChI is InChI=1S/C14H24BrN3/c1-4-18-13(14(15)10(2)17-18)9-11-7-5-6-8-12(11)16-3/h11-12,16H,4-9H2,1-3H3. The van der Waals surface area contributed by atoms with Gasteiger partial charge in [-0.3, -0.25) is 4.68 Å². The van der Waals surface area contributed by atoms with Crippen LogP contribution in [-0.4, -0.2) is 22.9 Å². The molecular formula is C14H24BrN3. The molecule has 1 aliphatic carbocycles. The molecule has 1 aliphatic rings. The lowest BCUT2D eigenvalue weighted by Gasteiger charge is -2.31. The molecule has 1 aromatic rings. The summed E-state index contributed by atoms with van der Waals surface area (Å²) in [5.41, 5.74) is 2.49. The van der Waals surface area contributed by atoms with Crippen molar-refractivity contribution in [2.45, 2.75) is 58.5 Å². The highest BCUT2D eigenvalue weighted by molar-refractivity contribution is 9.10. The average Bonchev–Trinajstić information content (AvgIpc) is 2.67. The van der Waals surface area contributed by atoms with E-state index >= 15 is 0 Å². The van der Waals surface area contributed by atoms with E-state index in [4.69, 9.17) is 0 Å². The summed E-state index contributed by atoms with van der Waals surface area (Å²) in [6.07, 6.45) is 6.54. The lowest BCUT2D eigenvalue weighted by Crippen LogP contribution is -2.37. The first-order valence-corrected chi connectivity index (χ1v) is 7.85. The van der Waals surface area contributed by atoms with E-state index in [1.165, 1.54) is 35.8 Å². The van der Waals surface area contributed by atoms with Crippen LogP contribution in [-0.2, 0) is 13.0 Å². The summed E-state index contributed by atoms with van der Waals surface area (Å²) in [5.74, 6) is 0.751. The maximum absolute atomic E-state index is 4.59. The van der Waals surface area contributed by atoms with Crippen LogP contribution in [0.2, 0.25) is 0 Å². The summed E-state index contributed by atoms with van der Waals surface area (Å²) in [4.78, 5) is 0. The van der Waals surface area contributed by atoms with Crippen molar-refractivity contribution >= 4 is 15.9 Å². The van der Waals surface area contributed by atoms with Crippen LogP contribution >= 0.6 is 15.9 Å². The van der Waals surface area contributed by atoms with E-state index in [9.17, 15) is 0 Å². The smallest absolute Gasteiger partial charge is 0.0738 e. The Balaban J connectivity index is 2.17. The Morgan fingerprint density at radius 2 is 2.11 bits per heavy atom. The average molecular weight is 314 g/mol. The zero-order chi connectivity index (χ0) is 13.1. The third-order valence-corrected chi connectivity index (χ3v) is 5.22. The Bertz CT molecular complexity index is 400. The lowest BCUT2D eigenvalue weighted by atomic mass is 9.81. The van der Waals surface area contributed by atoms with Gasteiger partial charge in [-0.1, -0.05) is 12.8 Å². The van der Waals surface area contributed by atoms with Crippen LogP contribution in [0.3, 0.4) is 0 Å². The number of hydrogen-bond acceptors (Lipinski definition) is 2. The van der Waals surface area contributed by atoms with Gasteiger partial charge in [-0.05, 0) is 62.0 Å². The Labute approximate surface area is 118 Å². The van der Waals surface area contributed by atoms with Gasteiger partial charge in [-0.15, -0.1) is 0 Å². The predicted molar refractivity (Wildman–Crippen MR) is 78.8 cm³/mol.